The number of nitrogens with zero attached hydrogens (tertiary/aromatic N) is 2. The second-order valence-electron chi connectivity index (χ2n) is 6.61. The third kappa shape index (κ3) is 5.79. The molecule has 0 spiro atoms. The molecule has 0 aliphatic carbocycles. The summed E-state index contributed by atoms with van der Waals surface area (Å²) in [5, 5.41) is 6.62. The molecule has 2 aromatic heterocycles. The van der Waals surface area contributed by atoms with Gasteiger partial charge in [0.1, 0.15) is 12.4 Å². The van der Waals surface area contributed by atoms with E-state index in [4.69, 9.17) is 13.7 Å². The van der Waals surface area contributed by atoms with Crippen molar-refractivity contribution in [3.8, 4) is 0 Å². The van der Waals surface area contributed by atoms with Crippen molar-refractivity contribution in [1.29, 1.82) is 0 Å². The number of nitrogens with one attached hydrogen (secondary N) is 1. The Bertz CT molecular complexity index is 932. The molecule has 1 aromatic carbocycles. The Labute approximate surface area is 168 Å². The number of aryl methyl sites for hydroxylation is 1. The van der Waals surface area contributed by atoms with Gasteiger partial charge in [-0.3, -0.25) is 9.59 Å². The van der Waals surface area contributed by atoms with Gasteiger partial charge in [-0.05, 0) is 24.6 Å². The minimum atomic E-state index is -0.346. The first-order valence-electron chi connectivity index (χ1n) is 9.13. The molecule has 0 unspecified atom stereocenters. The molecule has 2 amide bonds. The molecule has 29 heavy (non-hydrogen) atoms. The summed E-state index contributed by atoms with van der Waals surface area (Å²) in [6.45, 7) is 2.72. The Morgan fingerprint density at radius 2 is 1.90 bits per heavy atom. The predicted octanol–water partition coefficient (Wildman–Crippen LogP) is 2.68. The molecule has 8 heteroatoms. The zero-order valence-electron chi connectivity index (χ0n) is 16.4. The van der Waals surface area contributed by atoms with Gasteiger partial charge in [0, 0.05) is 19.7 Å². The van der Waals surface area contributed by atoms with Crippen LogP contribution >= 0.6 is 0 Å². The lowest BCUT2D eigenvalue weighted by Gasteiger charge is -2.19. The van der Waals surface area contributed by atoms with E-state index in [0.29, 0.717) is 18.1 Å². The average Bonchev–Trinajstić information content (AvgIpc) is 3.39. The summed E-state index contributed by atoms with van der Waals surface area (Å²) in [6, 6.07) is 12.9. The van der Waals surface area contributed by atoms with E-state index in [1.807, 2.05) is 31.2 Å². The van der Waals surface area contributed by atoms with Gasteiger partial charge in [-0.2, -0.15) is 0 Å². The second kappa shape index (κ2) is 9.70. The number of ether oxygens (including phenoxy) is 1. The monoisotopic (exact) mass is 397 g/mol. The molecule has 2 heterocycles. The van der Waals surface area contributed by atoms with E-state index < -0.39 is 0 Å². The first kappa shape index (κ1) is 20.3. The van der Waals surface area contributed by atoms with Gasteiger partial charge in [-0.1, -0.05) is 35.0 Å². The topological polar surface area (TPSA) is 97.8 Å². The van der Waals surface area contributed by atoms with Crippen LogP contribution < -0.4 is 5.32 Å². The molecule has 8 nitrogen and oxygen atoms in total. The van der Waals surface area contributed by atoms with E-state index in [0.717, 1.165) is 11.1 Å². The molecule has 3 rings (SSSR count). The van der Waals surface area contributed by atoms with Crippen LogP contribution in [0.2, 0.25) is 0 Å². The van der Waals surface area contributed by atoms with Crippen molar-refractivity contribution in [2.45, 2.75) is 26.6 Å². The van der Waals surface area contributed by atoms with E-state index in [9.17, 15) is 9.59 Å². The molecule has 0 aliphatic rings. The van der Waals surface area contributed by atoms with E-state index >= 15 is 0 Å². The fraction of sp³-hybridized carbons (Fsp3) is 0.286. The lowest BCUT2D eigenvalue weighted by molar-refractivity contribution is -0.137. The van der Waals surface area contributed by atoms with Crippen molar-refractivity contribution in [2.24, 2.45) is 0 Å². The second-order valence-corrected chi connectivity index (χ2v) is 6.61. The number of hydrogen-bond donors (Lipinski definition) is 1. The van der Waals surface area contributed by atoms with Gasteiger partial charge in [0.25, 0.3) is 5.91 Å². The van der Waals surface area contributed by atoms with Crippen LogP contribution in [0, 0.1) is 6.92 Å². The summed E-state index contributed by atoms with van der Waals surface area (Å²) in [7, 11) is 1.45. The molecule has 0 radical (unpaired) electrons. The molecular weight excluding hydrogens is 374 g/mol. The number of rotatable bonds is 9. The van der Waals surface area contributed by atoms with Crippen LogP contribution in [-0.2, 0) is 29.2 Å². The lowest BCUT2D eigenvalue weighted by Crippen LogP contribution is -2.32. The highest BCUT2D eigenvalue weighted by Crippen LogP contribution is 2.13. The summed E-state index contributed by atoms with van der Waals surface area (Å²) in [4.78, 5) is 26.2. The van der Waals surface area contributed by atoms with Crippen molar-refractivity contribution < 1.29 is 23.3 Å². The normalized spacial score (nSPS) is 10.7. The molecule has 0 bridgehead atoms. The first-order chi connectivity index (χ1) is 14.0. The van der Waals surface area contributed by atoms with Gasteiger partial charge >= 0.3 is 0 Å². The Morgan fingerprint density at radius 3 is 2.59 bits per heavy atom. The zero-order chi connectivity index (χ0) is 20.6. The van der Waals surface area contributed by atoms with E-state index in [1.54, 1.807) is 18.4 Å². The van der Waals surface area contributed by atoms with Gasteiger partial charge in [-0.25, -0.2) is 0 Å². The third-order valence-electron chi connectivity index (χ3n) is 4.26. The van der Waals surface area contributed by atoms with Crippen molar-refractivity contribution >= 4 is 11.8 Å². The fourth-order valence-electron chi connectivity index (χ4n) is 2.70. The van der Waals surface area contributed by atoms with E-state index in [2.05, 4.69) is 10.5 Å². The van der Waals surface area contributed by atoms with Crippen LogP contribution in [0.5, 0.6) is 0 Å². The van der Waals surface area contributed by atoms with Crippen LogP contribution in [0.4, 0.5) is 0 Å². The van der Waals surface area contributed by atoms with E-state index in [1.165, 1.54) is 18.1 Å². The van der Waals surface area contributed by atoms with Gasteiger partial charge in [-0.15, -0.1) is 0 Å². The molecule has 3 aromatic rings. The lowest BCUT2D eigenvalue weighted by atomic mass is 10.1. The quantitative estimate of drug-likeness (QED) is 0.596. The van der Waals surface area contributed by atoms with Gasteiger partial charge in [0.2, 0.25) is 5.91 Å². The highest BCUT2D eigenvalue weighted by Gasteiger charge is 2.19. The highest BCUT2D eigenvalue weighted by molar-refractivity contribution is 5.92. The number of amides is 2. The number of aromatic nitrogens is 1. The maximum absolute atomic E-state index is 12.3. The maximum atomic E-state index is 12.3. The summed E-state index contributed by atoms with van der Waals surface area (Å²) >= 11 is 0. The van der Waals surface area contributed by atoms with Crippen molar-refractivity contribution in [2.75, 3.05) is 13.7 Å². The SMILES string of the molecule is COCC(=O)N(Cc1ccco1)Cc1cc(C(=O)NCc2ccc(C)cc2)no1. The maximum Gasteiger partial charge on any atom is 0.273 e. The Balaban J connectivity index is 1.61. The van der Waals surface area contributed by atoms with Crippen LogP contribution in [0.3, 0.4) is 0 Å². The Hall–Kier alpha value is -3.39. The van der Waals surface area contributed by atoms with E-state index in [-0.39, 0.29) is 37.2 Å². The first-order valence-corrected chi connectivity index (χ1v) is 9.13. The Kier molecular flexibility index (Phi) is 6.80. The van der Waals surface area contributed by atoms with Gasteiger partial charge in [0.15, 0.2) is 11.5 Å². The van der Waals surface area contributed by atoms with Crippen molar-refractivity contribution in [3.05, 3.63) is 77.1 Å². The molecule has 0 saturated carbocycles. The number of carbonyl (C=O) groups excluding carboxylic acids is 2. The molecule has 152 valence electrons. The van der Waals surface area contributed by atoms with Crippen LogP contribution in [0.25, 0.3) is 0 Å². The van der Waals surface area contributed by atoms with Crippen molar-refractivity contribution in [1.82, 2.24) is 15.4 Å². The minimum absolute atomic E-state index is 0.0707. The smallest absolute Gasteiger partial charge is 0.273 e. The van der Waals surface area contributed by atoms with Crippen LogP contribution in [-0.4, -0.2) is 35.6 Å². The number of furan rings is 1. The average molecular weight is 397 g/mol. The highest BCUT2D eigenvalue weighted by atomic mass is 16.5. The molecule has 0 saturated heterocycles. The summed E-state index contributed by atoms with van der Waals surface area (Å²) < 4.78 is 15.5. The predicted molar refractivity (Wildman–Crippen MR) is 104 cm³/mol. The number of benzene rings is 1. The molecule has 0 atom stereocenters. The van der Waals surface area contributed by atoms with Crippen LogP contribution in [0.15, 0.2) is 57.7 Å². The molecule has 0 fully saturated rings. The largest absolute Gasteiger partial charge is 0.467 e. The molecule has 0 aliphatic heterocycles. The molecular formula is C21H23N3O5. The third-order valence-corrected chi connectivity index (χ3v) is 4.26. The van der Waals surface area contributed by atoms with Crippen molar-refractivity contribution in [3.63, 3.8) is 0 Å². The standard InChI is InChI=1S/C21H23N3O5/c1-15-5-7-16(8-6-15)11-22-21(26)19-10-18(29-23-19)13-24(20(25)14-27-2)12-17-4-3-9-28-17/h3-10H,11-14H2,1-2H3,(H,22,26). The Morgan fingerprint density at radius 1 is 1.14 bits per heavy atom. The number of hydrogen-bond acceptors (Lipinski definition) is 6. The number of methoxy groups -OCH3 is 1. The van der Waals surface area contributed by atoms with Gasteiger partial charge < -0.3 is 23.9 Å². The summed E-state index contributed by atoms with van der Waals surface area (Å²) in [6.07, 6.45) is 1.54. The minimum Gasteiger partial charge on any atom is -0.467 e. The fourth-order valence-corrected chi connectivity index (χ4v) is 2.70. The summed E-state index contributed by atoms with van der Waals surface area (Å²) in [5.41, 5.74) is 2.30. The van der Waals surface area contributed by atoms with Gasteiger partial charge in [0.05, 0.1) is 19.4 Å². The van der Waals surface area contributed by atoms with Crippen LogP contribution in [0.1, 0.15) is 33.1 Å². The zero-order valence-corrected chi connectivity index (χ0v) is 16.4. The summed E-state index contributed by atoms with van der Waals surface area (Å²) in [5.74, 6) is 0.443. The molecule has 1 N–H and O–H groups in total. The number of carbonyl (C=O) groups is 2.